The third-order valence-corrected chi connectivity index (χ3v) is 5.79. The van der Waals surface area contributed by atoms with Gasteiger partial charge in [-0.3, -0.25) is 5.10 Å². The van der Waals surface area contributed by atoms with Gasteiger partial charge in [-0.1, -0.05) is 0 Å². The van der Waals surface area contributed by atoms with E-state index >= 15 is 0 Å². The number of halogens is 3. The summed E-state index contributed by atoms with van der Waals surface area (Å²) in [6.45, 7) is 0.730. The molecule has 27 heavy (non-hydrogen) atoms. The lowest BCUT2D eigenvalue weighted by Gasteiger charge is -2.21. The molecule has 1 fully saturated rings. The number of pyridine rings is 1. The van der Waals surface area contributed by atoms with E-state index in [1.807, 2.05) is 11.0 Å². The number of fused-ring (bicyclic) bond motifs is 3. The molecule has 0 spiro atoms. The zero-order valence-electron chi connectivity index (χ0n) is 13.9. The zero-order chi connectivity index (χ0) is 19.2. The second-order valence-corrected chi connectivity index (χ2v) is 8.16. The van der Waals surface area contributed by atoms with Crippen molar-refractivity contribution >= 4 is 37.6 Å². The van der Waals surface area contributed by atoms with Crippen molar-refractivity contribution in [1.29, 1.82) is 0 Å². The number of H-pyrrole nitrogens is 1. The van der Waals surface area contributed by atoms with E-state index in [9.17, 15) is 21.6 Å². The molecule has 0 amide bonds. The van der Waals surface area contributed by atoms with Crippen LogP contribution in [-0.2, 0) is 10.0 Å². The summed E-state index contributed by atoms with van der Waals surface area (Å²) in [6, 6.07) is 1.22. The third-order valence-electron chi connectivity index (χ3n) is 4.39. The molecule has 4 heterocycles. The van der Waals surface area contributed by atoms with Gasteiger partial charge in [-0.05, 0) is 12.5 Å². The van der Waals surface area contributed by atoms with Gasteiger partial charge in [0.25, 0.3) is 0 Å². The number of alkyl halides is 3. The molecule has 3 aromatic rings. The summed E-state index contributed by atoms with van der Waals surface area (Å²) in [5, 5.41) is 8.61. The van der Waals surface area contributed by atoms with Crippen molar-refractivity contribution < 1.29 is 21.6 Å². The minimum absolute atomic E-state index is 0.246. The molecule has 12 heteroatoms. The molecular formula is C15H15F3N6O2S. The van der Waals surface area contributed by atoms with Crippen molar-refractivity contribution in [2.24, 2.45) is 0 Å². The highest BCUT2D eigenvalue weighted by Crippen LogP contribution is 2.32. The predicted molar refractivity (Wildman–Crippen MR) is 92.8 cm³/mol. The van der Waals surface area contributed by atoms with Crippen LogP contribution in [0.2, 0.25) is 0 Å². The lowest BCUT2D eigenvalue weighted by Crippen LogP contribution is -2.41. The molecule has 144 valence electrons. The predicted octanol–water partition coefficient (Wildman–Crippen LogP) is 1.57. The molecule has 1 unspecified atom stereocenters. The van der Waals surface area contributed by atoms with Gasteiger partial charge in [0.15, 0.2) is 11.4 Å². The van der Waals surface area contributed by atoms with E-state index in [0.717, 1.165) is 16.5 Å². The van der Waals surface area contributed by atoms with Crippen LogP contribution < -0.4 is 9.62 Å². The first kappa shape index (κ1) is 17.9. The van der Waals surface area contributed by atoms with Gasteiger partial charge in [-0.25, -0.2) is 23.1 Å². The summed E-state index contributed by atoms with van der Waals surface area (Å²) in [4.78, 5) is 10.3. The number of hydrogen-bond acceptors (Lipinski definition) is 6. The standard InChI is InChI=1S/C15H15F3N6O2S/c16-15(17,18)8-27(25,26)23-9-2-4-24(7-9)12-6-21-22-11-5-20-14-10(13(11)12)1-3-19-14/h1,3,5-6,9,22-23H,2,4,7-8H2. The maximum Gasteiger partial charge on any atom is 0.404 e. The Bertz CT molecular complexity index is 1100. The summed E-state index contributed by atoms with van der Waals surface area (Å²) in [5.41, 5.74) is 2.01. The number of aromatic amines is 1. The fourth-order valence-corrected chi connectivity index (χ4v) is 4.59. The van der Waals surface area contributed by atoms with Gasteiger partial charge in [0.05, 0.1) is 23.6 Å². The van der Waals surface area contributed by atoms with E-state index in [-0.39, 0.29) is 6.54 Å². The molecule has 0 radical (unpaired) electrons. The molecule has 1 saturated heterocycles. The van der Waals surface area contributed by atoms with E-state index < -0.39 is 28.0 Å². The molecule has 1 aliphatic rings. The number of hydrogen-bond donors (Lipinski definition) is 2. The second-order valence-electron chi connectivity index (χ2n) is 6.41. The highest BCUT2D eigenvalue weighted by atomic mass is 32.2. The first-order chi connectivity index (χ1) is 12.7. The molecule has 2 N–H and O–H groups in total. The van der Waals surface area contributed by atoms with Crippen LogP contribution in [0, 0.1) is 0 Å². The molecule has 1 aliphatic heterocycles. The Morgan fingerprint density at radius 2 is 2.11 bits per heavy atom. The fraction of sp³-hybridized carbons (Fsp3) is 0.400. The summed E-state index contributed by atoms with van der Waals surface area (Å²) in [7, 11) is -4.44. The Labute approximate surface area is 151 Å². The van der Waals surface area contributed by atoms with Crippen LogP contribution >= 0.6 is 0 Å². The normalized spacial score (nSPS) is 18.6. The van der Waals surface area contributed by atoms with Gasteiger partial charge in [0.2, 0.25) is 10.0 Å². The quantitative estimate of drug-likeness (QED) is 0.689. The SMILES string of the molecule is O=S(=O)(CC(F)(F)F)NC1CCN(c2cn[nH]c3cnc4nccc4c23)C1. The van der Waals surface area contributed by atoms with Crippen LogP contribution in [0.4, 0.5) is 18.9 Å². The topological polar surface area (TPSA) is 104 Å². The van der Waals surface area contributed by atoms with Crippen LogP contribution in [0.3, 0.4) is 0 Å². The molecule has 0 saturated carbocycles. The summed E-state index contributed by atoms with van der Waals surface area (Å²) >= 11 is 0. The van der Waals surface area contributed by atoms with E-state index in [2.05, 4.69) is 24.9 Å². The molecule has 0 bridgehead atoms. The van der Waals surface area contributed by atoms with Crippen molar-refractivity contribution in [2.75, 3.05) is 23.7 Å². The third kappa shape index (κ3) is 3.67. The highest BCUT2D eigenvalue weighted by molar-refractivity contribution is 7.89. The van der Waals surface area contributed by atoms with E-state index in [0.29, 0.717) is 24.1 Å². The summed E-state index contributed by atoms with van der Waals surface area (Å²) in [5.74, 6) is -1.88. The highest BCUT2D eigenvalue weighted by Gasteiger charge is 2.37. The Balaban J connectivity index is 1.60. The van der Waals surface area contributed by atoms with Crippen LogP contribution in [-0.4, -0.2) is 59.6 Å². The second kappa shape index (κ2) is 6.30. The fourth-order valence-electron chi connectivity index (χ4n) is 3.37. The van der Waals surface area contributed by atoms with Gasteiger partial charge in [-0.2, -0.15) is 18.3 Å². The van der Waals surface area contributed by atoms with Crippen LogP contribution in [0.15, 0.2) is 24.7 Å². The Morgan fingerprint density at radius 3 is 2.89 bits per heavy atom. The van der Waals surface area contributed by atoms with Gasteiger partial charge in [-0.15, -0.1) is 0 Å². The molecule has 0 aromatic carbocycles. The molecule has 1 atom stereocenters. The Hall–Kier alpha value is -2.47. The number of rotatable bonds is 4. The average molecular weight is 400 g/mol. The number of nitrogens with zero attached hydrogens (tertiary/aromatic N) is 4. The van der Waals surface area contributed by atoms with E-state index in [1.54, 1.807) is 18.6 Å². The Kier molecular flexibility index (Phi) is 4.18. The molecule has 8 nitrogen and oxygen atoms in total. The first-order valence-corrected chi connectivity index (χ1v) is 9.75. The first-order valence-electron chi connectivity index (χ1n) is 8.10. The maximum absolute atomic E-state index is 12.4. The number of anilines is 1. The average Bonchev–Trinajstić information content (AvgIpc) is 3.20. The Morgan fingerprint density at radius 1 is 1.30 bits per heavy atom. The van der Waals surface area contributed by atoms with Crippen molar-refractivity contribution in [2.45, 2.75) is 18.6 Å². The lowest BCUT2D eigenvalue weighted by atomic mass is 10.1. The number of aromatic nitrogens is 4. The summed E-state index contributed by atoms with van der Waals surface area (Å²) < 4.78 is 62.8. The van der Waals surface area contributed by atoms with Crippen molar-refractivity contribution in [3.05, 3.63) is 24.7 Å². The largest absolute Gasteiger partial charge is 0.404 e. The number of sulfonamides is 1. The monoisotopic (exact) mass is 400 g/mol. The van der Waals surface area contributed by atoms with Crippen molar-refractivity contribution in [1.82, 2.24) is 24.9 Å². The van der Waals surface area contributed by atoms with Gasteiger partial charge in [0, 0.05) is 36.1 Å². The minimum atomic E-state index is -4.77. The molecule has 3 aromatic heterocycles. The maximum atomic E-state index is 12.4. The van der Waals surface area contributed by atoms with Crippen LogP contribution in [0.5, 0.6) is 0 Å². The summed E-state index contributed by atoms with van der Waals surface area (Å²) in [6.07, 6.45) is 0.481. The zero-order valence-corrected chi connectivity index (χ0v) is 14.7. The van der Waals surface area contributed by atoms with Crippen molar-refractivity contribution in [3.63, 3.8) is 0 Å². The van der Waals surface area contributed by atoms with Crippen LogP contribution in [0.25, 0.3) is 21.9 Å². The molecule has 0 aliphatic carbocycles. The molecular weight excluding hydrogens is 385 g/mol. The van der Waals surface area contributed by atoms with Gasteiger partial charge in [0.1, 0.15) is 0 Å². The van der Waals surface area contributed by atoms with E-state index in [1.165, 1.54) is 0 Å². The van der Waals surface area contributed by atoms with Crippen LogP contribution in [0.1, 0.15) is 6.42 Å². The van der Waals surface area contributed by atoms with Gasteiger partial charge >= 0.3 is 6.18 Å². The lowest BCUT2D eigenvalue weighted by molar-refractivity contribution is -0.106. The number of nitrogens with one attached hydrogen (secondary N) is 2. The van der Waals surface area contributed by atoms with Crippen molar-refractivity contribution in [3.8, 4) is 0 Å². The smallest absolute Gasteiger partial charge is 0.368 e. The minimum Gasteiger partial charge on any atom is -0.368 e. The van der Waals surface area contributed by atoms with E-state index in [4.69, 9.17) is 0 Å². The molecule has 4 rings (SSSR count). The van der Waals surface area contributed by atoms with Gasteiger partial charge < -0.3 is 4.90 Å².